The Morgan fingerprint density at radius 2 is 1.03 bits per heavy atom. The van der Waals surface area contributed by atoms with Gasteiger partial charge in [-0.15, -0.1) is 0 Å². The van der Waals surface area contributed by atoms with Gasteiger partial charge in [0.1, 0.15) is 0 Å². The molecule has 4 rings (SSSR count). The van der Waals surface area contributed by atoms with Gasteiger partial charge in [-0.05, 0) is 25.0 Å². The lowest BCUT2D eigenvalue weighted by atomic mass is 10.1. The number of hydrogen-bond acceptors (Lipinski definition) is 8. The molecule has 0 N–H and O–H groups in total. The summed E-state index contributed by atoms with van der Waals surface area (Å²) in [5.41, 5.74) is 1.87. The second-order valence-electron chi connectivity index (χ2n) is 6.55. The number of rotatable bonds is 8. The summed E-state index contributed by atoms with van der Waals surface area (Å²) in [7, 11) is 6.38. The van der Waals surface area contributed by atoms with Crippen molar-refractivity contribution in [1.29, 1.82) is 0 Å². The van der Waals surface area contributed by atoms with E-state index in [2.05, 4.69) is 12.2 Å². The van der Waals surface area contributed by atoms with Crippen LogP contribution in [-0.4, -0.2) is 42.0 Å². The van der Waals surface area contributed by atoms with Crippen molar-refractivity contribution in [3.63, 3.8) is 0 Å². The van der Waals surface area contributed by atoms with Gasteiger partial charge in [0.2, 0.25) is 36.6 Å². The third kappa shape index (κ3) is 3.38. The Morgan fingerprint density at radius 3 is 1.40 bits per heavy atom. The summed E-state index contributed by atoms with van der Waals surface area (Å²) >= 11 is 0. The van der Waals surface area contributed by atoms with Crippen LogP contribution < -0.4 is 37.9 Å². The fourth-order valence-corrected chi connectivity index (χ4v) is 3.63. The molecular weight excluding hydrogens is 392 g/mol. The third-order valence-electron chi connectivity index (χ3n) is 4.96. The van der Waals surface area contributed by atoms with Crippen molar-refractivity contribution in [3.05, 3.63) is 35.4 Å². The molecule has 30 heavy (non-hydrogen) atoms. The van der Waals surface area contributed by atoms with Gasteiger partial charge in [0.15, 0.2) is 23.0 Å². The normalized spacial score (nSPS) is 13.6. The number of ether oxygens (including phenoxy) is 8. The zero-order chi connectivity index (χ0) is 21.1. The molecule has 160 valence electrons. The molecule has 0 aliphatic carbocycles. The molecule has 0 bridgehead atoms. The maximum absolute atomic E-state index is 5.56. The number of fused-ring (bicyclic) bond motifs is 2. The van der Waals surface area contributed by atoms with E-state index in [1.165, 1.54) is 0 Å². The molecule has 0 fully saturated rings. The number of benzene rings is 2. The number of hydrogen-bond donors (Lipinski definition) is 0. The second-order valence-corrected chi connectivity index (χ2v) is 6.55. The second kappa shape index (κ2) is 8.52. The lowest BCUT2D eigenvalue weighted by molar-refractivity contribution is 0.170. The molecule has 2 aromatic carbocycles. The molecule has 2 heterocycles. The van der Waals surface area contributed by atoms with Crippen LogP contribution in [0.2, 0.25) is 0 Å². The fourth-order valence-electron chi connectivity index (χ4n) is 3.63. The Bertz CT molecular complexity index is 889. The first-order valence-electron chi connectivity index (χ1n) is 9.43. The van der Waals surface area contributed by atoms with E-state index in [0.717, 1.165) is 11.1 Å². The van der Waals surface area contributed by atoms with Gasteiger partial charge in [0.25, 0.3) is 0 Å². The van der Waals surface area contributed by atoms with Crippen LogP contribution in [0.3, 0.4) is 0 Å². The molecule has 0 spiro atoms. The smallest absolute Gasteiger partial charge is 0.231 e. The summed E-state index contributed by atoms with van der Waals surface area (Å²) in [6.45, 7) is 0.333. The van der Waals surface area contributed by atoms with Crippen molar-refractivity contribution in [2.24, 2.45) is 0 Å². The molecule has 8 heteroatoms. The highest BCUT2D eigenvalue weighted by Gasteiger charge is 2.27. The lowest BCUT2D eigenvalue weighted by Gasteiger charge is -2.14. The zero-order valence-corrected chi connectivity index (χ0v) is 17.4. The third-order valence-corrected chi connectivity index (χ3v) is 4.96. The molecule has 0 unspecified atom stereocenters. The van der Waals surface area contributed by atoms with Crippen LogP contribution in [-0.2, 0) is 12.8 Å². The first-order valence-corrected chi connectivity index (χ1v) is 9.43. The molecule has 0 aromatic heterocycles. The zero-order valence-electron chi connectivity index (χ0n) is 17.4. The first-order chi connectivity index (χ1) is 14.7. The van der Waals surface area contributed by atoms with Gasteiger partial charge in [-0.25, -0.2) is 0 Å². The van der Waals surface area contributed by atoms with Crippen LogP contribution in [0.1, 0.15) is 11.1 Å². The Kier molecular flexibility index (Phi) is 5.65. The lowest BCUT2D eigenvalue weighted by Crippen LogP contribution is -1.98. The van der Waals surface area contributed by atoms with E-state index in [-0.39, 0.29) is 13.6 Å². The van der Waals surface area contributed by atoms with Gasteiger partial charge < -0.3 is 37.9 Å². The Morgan fingerprint density at radius 1 is 0.633 bits per heavy atom. The summed E-state index contributed by atoms with van der Waals surface area (Å²) in [5.74, 6) is 4.79. The van der Waals surface area contributed by atoms with E-state index in [4.69, 9.17) is 37.9 Å². The highest BCUT2D eigenvalue weighted by atomic mass is 16.7. The van der Waals surface area contributed by atoms with Crippen LogP contribution in [0.15, 0.2) is 24.3 Å². The van der Waals surface area contributed by atoms with Crippen molar-refractivity contribution in [2.45, 2.75) is 12.8 Å². The van der Waals surface area contributed by atoms with Gasteiger partial charge in [0.05, 0.1) is 28.4 Å². The van der Waals surface area contributed by atoms with Gasteiger partial charge in [-0.2, -0.15) is 0 Å². The number of methoxy groups -OCH3 is 4. The topological polar surface area (TPSA) is 73.8 Å². The van der Waals surface area contributed by atoms with Gasteiger partial charge in [-0.1, -0.05) is 12.2 Å². The van der Waals surface area contributed by atoms with Crippen LogP contribution in [0.25, 0.3) is 0 Å². The van der Waals surface area contributed by atoms with Crippen LogP contribution in [0, 0.1) is 0 Å². The van der Waals surface area contributed by atoms with Crippen molar-refractivity contribution in [1.82, 2.24) is 0 Å². The maximum Gasteiger partial charge on any atom is 0.231 e. The molecule has 2 aliphatic rings. The molecule has 0 atom stereocenters. The minimum atomic E-state index is 0.167. The summed E-state index contributed by atoms with van der Waals surface area (Å²) in [5, 5.41) is 0. The average Bonchev–Trinajstić information content (AvgIpc) is 3.43. The highest BCUT2D eigenvalue weighted by Crippen LogP contribution is 2.50. The summed E-state index contributed by atoms with van der Waals surface area (Å²) in [6.07, 6.45) is 5.35. The van der Waals surface area contributed by atoms with E-state index < -0.39 is 0 Å². The summed E-state index contributed by atoms with van der Waals surface area (Å²) in [4.78, 5) is 0. The Hall–Kier alpha value is -3.42. The van der Waals surface area contributed by atoms with Crippen molar-refractivity contribution in [2.75, 3.05) is 42.0 Å². The van der Waals surface area contributed by atoms with Crippen LogP contribution in [0.4, 0.5) is 0 Å². The molecule has 0 amide bonds. The van der Waals surface area contributed by atoms with Crippen molar-refractivity contribution in [3.8, 4) is 46.0 Å². The molecular formula is C22H24O8. The van der Waals surface area contributed by atoms with Gasteiger partial charge in [-0.3, -0.25) is 0 Å². The van der Waals surface area contributed by atoms with Crippen molar-refractivity contribution < 1.29 is 37.9 Å². The predicted molar refractivity (Wildman–Crippen MR) is 108 cm³/mol. The Balaban J connectivity index is 1.56. The quantitative estimate of drug-likeness (QED) is 0.606. The van der Waals surface area contributed by atoms with Crippen molar-refractivity contribution >= 4 is 0 Å². The summed E-state index contributed by atoms with van der Waals surface area (Å²) in [6, 6.07) is 3.83. The monoisotopic (exact) mass is 416 g/mol. The number of allylic oxidation sites excluding steroid dienone is 2. The molecule has 0 radical (unpaired) electrons. The summed E-state index contributed by atoms with van der Waals surface area (Å²) < 4.78 is 44.1. The van der Waals surface area contributed by atoms with Gasteiger partial charge in [0, 0.05) is 11.1 Å². The van der Waals surface area contributed by atoms with E-state index in [9.17, 15) is 0 Å². The highest BCUT2D eigenvalue weighted by molar-refractivity contribution is 5.65. The maximum atomic E-state index is 5.56. The molecule has 2 aromatic rings. The fraction of sp³-hybridized carbons (Fsp3) is 0.364. The predicted octanol–water partition coefficient (Wildman–Crippen LogP) is 3.52. The molecule has 0 saturated carbocycles. The molecule has 2 aliphatic heterocycles. The van der Waals surface area contributed by atoms with E-state index >= 15 is 0 Å². The first kappa shape index (κ1) is 19.9. The largest absolute Gasteiger partial charge is 0.492 e. The molecule has 8 nitrogen and oxygen atoms in total. The van der Waals surface area contributed by atoms with Crippen LogP contribution in [0.5, 0.6) is 46.0 Å². The van der Waals surface area contributed by atoms with Crippen LogP contribution >= 0.6 is 0 Å². The van der Waals surface area contributed by atoms with E-state index in [0.29, 0.717) is 58.8 Å². The Labute approximate surface area is 174 Å². The SMILES string of the molecule is COc1c(C/C=C/Cc2cc3c(c(OC)c2OC)OCO3)cc2c(c1OC)OCO2. The van der Waals surface area contributed by atoms with E-state index in [1.54, 1.807) is 28.4 Å². The molecule has 0 saturated heterocycles. The van der Waals surface area contributed by atoms with Gasteiger partial charge >= 0.3 is 0 Å². The van der Waals surface area contributed by atoms with E-state index in [1.807, 2.05) is 12.1 Å². The minimum Gasteiger partial charge on any atom is -0.492 e. The minimum absolute atomic E-state index is 0.167. The standard InChI is InChI=1S/C22H24O8/c1-23-17-13(9-15-19(21(17)25-3)29-11-27-15)7-5-6-8-14-10-16-20(30-12-28-16)22(26-4)18(14)24-2/h5-6,9-10H,7-8,11-12H2,1-4H3/b6-5+. The average molecular weight is 416 g/mol.